The van der Waals surface area contributed by atoms with E-state index in [1.165, 1.54) is 34.0 Å². The molecule has 1 atom stereocenters. The standard InChI is InChI=1S/C21H28N2O4S2/c1-4-19-18-12-15-28-20(18)11-14-23(19)21(24)6-5-13-22(2)29(25,26)17-9-7-16(27-3)8-10-17/h7-10,12,15,19H,4-6,11,13-14H2,1-3H3. The van der Waals surface area contributed by atoms with Gasteiger partial charge in [0.1, 0.15) is 5.75 Å². The van der Waals surface area contributed by atoms with E-state index in [2.05, 4.69) is 18.4 Å². The molecular weight excluding hydrogens is 408 g/mol. The van der Waals surface area contributed by atoms with Crippen molar-refractivity contribution in [2.75, 3.05) is 27.2 Å². The lowest BCUT2D eigenvalue weighted by Gasteiger charge is -2.35. The molecule has 0 saturated heterocycles. The third-order valence-corrected chi connectivity index (χ3v) is 8.30. The minimum atomic E-state index is -3.58. The lowest BCUT2D eigenvalue weighted by Crippen LogP contribution is -2.39. The number of hydrogen-bond acceptors (Lipinski definition) is 5. The molecule has 0 bridgehead atoms. The van der Waals surface area contributed by atoms with Gasteiger partial charge >= 0.3 is 0 Å². The van der Waals surface area contributed by atoms with Gasteiger partial charge in [-0.25, -0.2) is 12.7 Å². The van der Waals surface area contributed by atoms with Crippen molar-refractivity contribution in [2.24, 2.45) is 0 Å². The predicted octanol–water partition coefficient (Wildman–Crippen LogP) is 3.69. The van der Waals surface area contributed by atoms with Crippen molar-refractivity contribution in [1.82, 2.24) is 9.21 Å². The maximum absolute atomic E-state index is 12.8. The number of sulfonamides is 1. The smallest absolute Gasteiger partial charge is 0.242 e. The van der Waals surface area contributed by atoms with Crippen LogP contribution in [0.2, 0.25) is 0 Å². The summed E-state index contributed by atoms with van der Waals surface area (Å²) in [5.74, 6) is 0.710. The lowest BCUT2D eigenvalue weighted by atomic mass is 9.97. The monoisotopic (exact) mass is 436 g/mol. The van der Waals surface area contributed by atoms with E-state index in [0.717, 1.165) is 19.4 Å². The van der Waals surface area contributed by atoms with E-state index in [0.29, 0.717) is 25.1 Å². The Bertz CT molecular complexity index is 938. The van der Waals surface area contributed by atoms with Crippen LogP contribution in [0.25, 0.3) is 0 Å². The molecule has 0 saturated carbocycles. The quantitative estimate of drug-likeness (QED) is 0.633. The van der Waals surface area contributed by atoms with Crippen LogP contribution in [0.3, 0.4) is 0 Å². The number of hydrogen-bond donors (Lipinski definition) is 0. The number of ether oxygens (including phenoxy) is 1. The van der Waals surface area contributed by atoms with E-state index >= 15 is 0 Å². The molecule has 2 heterocycles. The minimum absolute atomic E-state index is 0.101. The molecule has 0 spiro atoms. The second-order valence-electron chi connectivity index (χ2n) is 7.17. The molecule has 2 aromatic rings. The molecule has 0 fully saturated rings. The molecule has 1 aromatic carbocycles. The number of thiophene rings is 1. The van der Waals surface area contributed by atoms with E-state index < -0.39 is 10.0 Å². The first kappa shape index (κ1) is 21.8. The highest BCUT2D eigenvalue weighted by molar-refractivity contribution is 7.89. The summed E-state index contributed by atoms with van der Waals surface area (Å²) in [5, 5.41) is 2.10. The van der Waals surface area contributed by atoms with Gasteiger partial charge in [-0.05, 0) is 60.5 Å². The van der Waals surface area contributed by atoms with Gasteiger partial charge < -0.3 is 9.64 Å². The Morgan fingerprint density at radius 2 is 2.00 bits per heavy atom. The Morgan fingerprint density at radius 1 is 1.28 bits per heavy atom. The number of rotatable bonds is 8. The molecule has 6 nitrogen and oxygen atoms in total. The molecule has 1 amide bonds. The van der Waals surface area contributed by atoms with Gasteiger partial charge in [0, 0.05) is 31.4 Å². The Kier molecular flexibility index (Phi) is 6.97. The van der Waals surface area contributed by atoms with E-state index in [4.69, 9.17) is 4.74 Å². The molecule has 3 rings (SSSR count). The van der Waals surface area contributed by atoms with Crippen LogP contribution < -0.4 is 4.74 Å². The average Bonchev–Trinajstić information content (AvgIpc) is 3.21. The van der Waals surface area contributed by atoms with Crippen LogP contribution in [0.1, 0.15) is 42.7 Å². The molecule has 158 valence electrons. The van der Waals surface area contributed by atoms with E-state index in [9.17, 15) is 13.2 Å². The number of carbonyl (C=O) groups excluding carboxylic acids is 1. The number of fused-ring (bicyclic) bond motifs is 1. The summed E-state index contributed by atoms with van der Waals surface area (Å²) in [7, 11) is -0.488. The first-order valence-electron chi connectivity index (χ1n) is 9.84. The maximum atomic E-state index is 12.8. The zero-order chi connectivity index (χ0) is 21.0. The number of carbonyl (C=O) groups is 1. The van der Waals surface area contributed by atoms with Gasteiger partial charge in [0.05, 0.1) is 18.0 Å². The van der Waals surface area contributed by atoms with Crippen LogP contribution >= 0.6 is 11.3 Å². The molecule has 0 N–H and O–H groups in total. The van der Waals surface area contributed by atoms with E-state index in [1.54, 1.807) is 30.5 Å². The molecule has 29 heavy (non-hydrogen) atoms. The fourth-order valence-corrected chi connectivity index (χ4v) is 5.92. The highest BCUT2D eigenvalue weighted by Crippen LogP contribution is 2.35. The zero-order valence-electron chi connectivity index (χ0n) is 17.1. The van der Waals surface area contributed by atoms with Crippen molar-refractivity contribution in [2.45, 2.75) is 43.5 Å². The zero-order valence-corrected chi connectivity index (χ0v) is 18.8. The first-order valence-corrected chi connectivity index (χ1v) is 12.2. The van der Waals surface area contributed by atoms with E-state index in [1.807, 2.05) is 4.90 Å². The SMILES string of the molecule is CCC1c2ccsc2CCN1C(=O)CCCN(C)S(=O)(=O)c1ccc(OC)cc1. The summed E-state index contributed by atoms with van der Waals surface area (Å²) in [4.78, 5) is 16.4. The molecule has 1 aliphatic heterocycles. The normalized spacial score (nSPS) is 16.7. The molecule has 8 heteroatoms. The Hall–Kier alpha value is -1.90. The van der Waals surface area contributed by atoms with E-state index in [-0.39, 0.29) is 16.8 Å². The van der Waals surface area contributed by atoms with Crippen molar-refractivity contribution < 1.29 is 17.9 Å². The number of benzene rings is 1. The van der Waals surface area contributed by atoms with Gasteiger partial charge in [0.2, 0.25) is 15.9 Å². The predicted molar refractivity (Wildman–Crippen MR) is 115 cm³/mol. The summed E-state index contributed by atoms with van der Waals surface area (Å²) in [6, 6.07) is 8.59. The highest BCUT2D eigenvalue weighted by Gasteiger charge is 2.30. The average molecular weight is 437 g/mol. The fourth-order valence-electron chi connectivity index (χ4n) is 3.78. The summed E-state index contributed by atoms with van der Waals surface area (Å²) in [6.45, 7) is 3.15. The van der Waals surface area contributed by atoms with Crippen molar-refractivity contribution in [3.63, 3.8) is 0 Å². The van der Waals surface area contributed by atoms with Crippen LogP contribution in [0.5, 0.6) is 5.75 Å². The number of methoxy groups -OCH3 is 1. The highest BCUT2D eigenvalue weighted by atomic mass is 32.2. The van der Waals surface area contributed by atoms with Gasteiger partial charge in [0.15, 0.2) is 0 Å². The van der Waals surface area contributed by atoms with Crippen molar-refractivity contribution in [3.05, 3.63) is 46.2 Å². The second-order valence-corrected chi connectivity index (χ2v) is 10.2. The van der Waals surface area contributed by atoms with Crippen LogP contribution in [0, 0.1) is 0 Å². The number of nitrogens with zero attached hydrogens (tertiary/aromatic N) is 2. The minimum Gasteiger partial charge on any atom is -0.497 e. The fraction of sp³-hybridized carbons (Fsp3) is 0.476. The Morgan fingerprint density at radius 3 is 2.66 bits per heavy atom. The second kappa shape index (κ2) is 9.28. The maximum Gasteiger partial charge on any atom is 0.242 e. The number of amides is 1. The Labute approximate surface area is 177 Å². The van der Waals surface area contributed by atoms with Gasteiger partial charge in [0.25, 0.3) is 0 Å². The largest absolute Gasteiger partial charge is 0.497 e. The molecule has 1 aromatic heterocycles. The van der Waals surface area contributed by atoms with Crippen LogP contribution in [0.4, 0.5) is 0 Å². The third-order valence-electron chi connectivity index (χ3n) is 5.43. The third kappa shape index (κ3) is 4.65. The van der Waals surface area contributed by atoms with Gasteiger partial charge in [-0.1, -0.05) is 6.92 Å². The summed E-state index contributed by atoms with van der Waals surface area (Å²) < 4.78 is 31.8. The van der Waals surface area contributed by atoms with Crippen molar-refractivity contribution in [3.8, 4) is 5.75 Å². The topological polar surface area (TPSA) is 66.9 Å². The van der Waals surface area contributed by atoms with Crippen LogP contribution in [0.15, 0.2) is 40.6 Å². The molecule has 1 aliphatic rings. The lowest BCUT2D eigenvalue weighted by molar-refractivity contribution is -0.134. The molecule has 0 radical (unpaired) electrons. The van der Waals surface area contributed by atoms with Crippen LogP contribution in [-0.4, -0.2) is 50.8 Å². The van der Waals surface area contributed by atoms with Crippen molar-refractivity contribution >= 4 is 27.3 Å². The Balaban J connectivity index is 1.56. The molecule has 1 unspecified atom stereocenters. The van der Waals surface area contributed by atoms with Crippen LogP contribution in [-0.2, 0) is 21.2 Å². The van der Waals surface area contributed by atoms with Crippen molar-refractivity contribution in [1.29, 1.82) is 0 Å². The van der Waals surface area contributed by atoms with Gasteiger partial charge in [-0.15, -0.1) is 11.3 Å². The summed E-state index contributed by atoms with van der Waals surface area (Å²) in [5.41, 5.74) is 1.27. The first-order chi connectivity index (χ1) is 13.9. The molecular formula is C21H28N2O4S2. The molecule has 0 aliphatic carbocycles. The summed E-state index contributed by atoms with van der Waals surface area (Å²) in [6.07, 6.45) is 2.63. The van der Waals surface area contributed by atoms with Gasteiger partial charge in [-0.2, -0.15) is 0 Å². The van der Waals surface area contributed by atoms with Gasteiger partial charge in [-0.3, -0.25) is 4.79 Å². The summed E-state index contributed by atoms with van der Waals surface area (Å²) >= 11 is 1.76.